The van der Waals surface area contributed by atoms with Gasteiger partial charge in [-0.3, -0.25) is 0 Å². The van der Waals surface area contributed by atoms with Crippen LogP contribution in [-0.2, 0) is 0 Å². The minimum atomic E-state index is 0.482. The van der Waals surface area contributed by atoms with Crippen molar-refractivity contribution in [3.05, 3.63) is 52.5 Å². The number of aromatic nitrogens is 1. The third kappa shape index (κ3) is 2.59. The number of fused-ring (bicyclic) bond motifs is 1. The Labute approximate surface area is 126 Å². The average molecular weight is 328 g/mol. The maximum absolute atomic E-state index is 4.82. The predicted molar refractivity (Wildman–Crippen MR) is 87.6 cm³/mol. The quantitative estimate of drug-likeness (QED) is 0.631. The van der Waals surface area contributed by atoms with Crippen LogP contribution in [0.5, 0.6) is 0 Å². The molecule has 3 aromatic rings. The Balaban J connectivity index is 2.10. The van der Waals surface area contributed by atoms with Crippen LogP contribution in [0.4, 0.5) is 0 Å². The zero-order chi connectivity index (χ0) is 14.1. The summed E-state index contributed by atoms with van der Waals surface area (Å²) in [6, 6.07) is 13.4. The summed E-state index contributed by atoms with van der Waals surface area (Å²) >= 11 is 0.482. The van der Waals surface area contributed by atoms with Crippen molar-refractivity contribution in [1.29, 1.82) is 0 Å². The summed E-state index contributed by atoms with van der Waals surface area (Å²) in [6.07, 6.45) is 1.17. The summed E-state index contributed by atoms with van der Waals surface area (Å²) in [6.45, 7) is 6.71. The van der Waals surface area contributed by atoms with Crippen LogP contribution in [0.1, 0.15) is 37.3 Å². The second kappa shape index (κ2) is 5.55. The molecule has 2 heteroatoms. The molecule has 3 rings (SSSR count). The summed E-state index contributed by atoms with van der Waals surface area (Å²) in [5, 5.41) is 0. The maximum atomic E-state index is 4.82. The molecule has 2 heterocycles. The molecule has 0 N–H and O–H groups in total. The Morgan fingerprint density at radius 1 is 1.15 bits per heavy atom. The van der Waals surface area contributed by atoms with E-state index < -0.39 is 0 Å². The molecule has 2 aromatic heterocycles. The molecule has 0 saturated carbocycles. The molecule has 0 radical (unpaired) electrons. The molecule has 0 aliphatic carbocycles. The van der Waals surface area contributed by atoms with E-state index in [9.17, 15) is 0 Å². The molecule has 1 nitrogen and oxygen atoms in total. The van der Waals surface area contributed by atoms with Crippen molar-refractivity contribution >= 4 is 24.3 Å². The first-order valence-electron chi connectivity index (χ1n) is 7.13. The monoisotopic (exact) mass is 329 g/mol. The molecule has 0 fully saturated rings. The van der Waals surface area contributed by atoms with Gasteiger partial charge >= 0.3 is 126 Å². The fourth-order valence-corrected chi connectivity index (χ4v) is 4.01. The zero-order valence-electron chi connectivity index (χ0n) is 12.2. The van der Waals surface area contributed by atoms with Gasteiger partial charge in [0.15, 0.2) is 0 Å². The average Bonchev–Trinajstić information content (AvgIpc) is 2.93. The zero-order valence-corrected chi connectivity index (χ0v) is 13.9. The second-order valence-electron chi connectivity index (χ2n) is 5.44. The summed E-state index contributed by atoms with van der Waals surface area (Å²) in [4.78, 5) is 7.07. The number of pyridine rings is 1. The van der Waals surface area contributed by atoms with Gasteiger partial charge in [-0.1, -0.05) is 0 Å². The summed E-state index contributed by atoms with van der Waals surface area (Å²) in [7, 11) is 0. The van der Waals surface area contributed by atoms with Crippen LogP contribution in [0.3, 0.4) is 0 Å². The molecule has 102 valence electrons. The number of rotatable bonds is 3. The second-order valence-corrected chi connectivity index (χ2v) is 7.43. The first-order valence-corrected chi connectivity index (χ1v) is 8.98. The third-order valence-electron chi connectivity index (χ3n) is 3.88. The van der Waals surface area contributed by atoms with E-state index in [0.717, 1.165) is 11.2 Å². The molecule has 0 bridgehead atoms. The predicted octanol–water partition coefficient (Wildman–Crippen LogP) is 4.78. The fraction of sp³-hybridized carbons (Fsp3) is 0.278. The molecule has 1 aromatic carbocycles. The van der Waals surface area contributed by atoms with E-state index in [1.165, 1.54) is 27.4 Å². The van der Waals surface area contributed by atoms with E-state index in [4.69, 9.17) is 4.98 Å². The number of hydrogen-bond acceptors (Lipinski definition) is 1. The topological polar surface area (TPSA) is 12.9 Å². The Hall–Kier alpha value is -1.37. The first kappa shape index (κ1) is 13.6. The van der Waals surface area contributed by atoms with Gasteiger partial charge in [0, 0.05) is 0 Å². The van der Waals surface area contributed by atoms with E-state index in [1.807, 2.05) is 0 Å². The summed E-state index contributed by atoms with van der Waals surface area (Å²) < 4.78 is 1.40. The molecular formula is C18H19NSe. The van der Waals surface area contributed by atoms with E-state index in [-0.39, 0.29) is 0 Å². The van der Waals surface area contributed by atoms with Gasteiger partial charge < -0.3 is 0 Å². The van der Waals surface area contributed by atoms with Gasteiger partial charge in [-0.25, -0.2) is 0 Å². The van der Waals surface area contributed by atoms with Crippen molar-refractivity contribution in [2.45, 2.75) is 33.1 Å². The molecule has 20 heavy (non-hydrogen) atoms. The molecule has 0 aliphatic rings. The molecule has 1 atom stereocenters. The van der Waals surface area contributed by atoms with Gasteiger partial charge in [-0.05, 0) is 0 Å². The van der Waals surface area contributed by atoms with Crippen LogP contribution in [0.2, 0.25) is 0 Å². The third-order valence-corrected chi connectivity index (χ3v) is 5.71. The SMILES string of the molecule is CCC(C)c1cc(C)cc(-c2ccc3[se]ccc3n2)c1. The molecule has 0 aliphatic heterocycles. The van der Waals surface area contributed by atoms with Crippen molar-refractivity contribution in [2.75, 3.05) is 0 Å². The van der Waals surface area contributed by atoms with Gasteiger partial charge in [0.25, 0.3) is 0 Å². The van der Waals surface area contributed by atoms with Gasteiger partial charge in [0.1, 0.15) is 0 Å². The summed E-state index contributed by atoms with van der Waals surface area (Å²) in [5.41, 5.74) is 6.24. The number of aryl methyl sites for hydroxylation is 1. The normalized spacial score (nSPS) is 12.8. The molecular weight excluding hydrogens is 309 g/mol. The van der Waals surface area contributed by atoms with Gasteiger partial charge in [-0.2, -0.15) is 0 Å². The van der Waals surface area contributed by atoms with Crippen LogP contribution < -0.4 is 0 Å². The van der Waals surface area contributed by atoms with Crippen molar-refractivity contribution in [1.82, 2.24) is 4.98 Å². The fourth-order valence-electron chi connectivity index (χ4n) is 2.49. The first-order chi connectivity index (χ1) is 9.67. The van der Waals surface area contributed by atoms with E-state index in [1.54, 1.807) is 0 Å². The van der Waals surface area contributed by atoms with E-state index >= 15 is 0 Å². The molecule has 1 unspecified atom stereocenters. The van der Waals surface area contributed by atoms with Gasteiger partial charge in [0.2, 0.25) is 0 Å². The number of hydrogen-bond donors (Lipinski definition) is 0. The number of nitrogens with zero attached hydrogens (tertiary/aromatic N) is 1. The van der Waals surface area contributed by atoms with Crippen LogP contribution >= 0.6 is 0 Å². The Morgan fingerprint density at radius 2 is 2.00 bits per heavy atom. The Bertz CT molecular complexity index is 742. The standard InChI is InChI=1S/C18H19NSe/c1-4-13(3)14-9-12(2)10-15(11-14)16-5-6-18-17(19-16)7-8-20-18/h5-11,13H,4H2,1-3H3. The van der Waals surface area contributed by atoms with Crippen LogP contribution in [-0.4, -0.2) is 19.5 Å². The van der Waals surface area contributed by atoms with Crippen molar-refractivity contribution in [2.24, 2.45) is 0 Å². The Morgan fingerprint density at radius 3 is 2.80 bits per heavy atom. The van der Waals surface area contributed by atoms with Crippen LogP contribution in [0.25, 0.3) is 21.0 Å². The van der Waals surface area contributed by atoms with Crippen molar-refractivity contribution in [3.63, 3.8) is 0 Å². The van der Waals surface area contributed by atoms with Gasteiger partial charge in [0.05, 0.1) is 0 Å². The summed E-state index contributed by atoms with van der Waals surface area (Å²) in [5.74, 6) is 0.603. The van der Waals surface area contributed by atoms with Crippen molar-refractivity contribution in [3.8, 4) is 11.3 Å². The van der Waals surface area contributed by atoms with Crippen LogP contribution in [0.15, 0.2) is 41.3 Å². The minimum absolute atomic E-state index is 0.482. The Kier molecular flexibility index (Phi) is 3.78. The number of benzene rings is 1. The van der Waals surface area contributed by atoms with Crippen LogP contribution in [0, 0.1) is 6.92 Å². The van der Waals surface area contributed by atoms with Crippen molar-refractivity contribution < 1.29 is 0 Å². The molecule has 0 amide bonds. The molecule has 0 spiro atoms. The molecule has 0 saturated heterocycles. The van der Waals surface area contributed by atoms with Gasteiger partial charge in [-0.15, -0.1) is 0 Å². The van der Waals surface area contributed by atoms with E-state index in [2.05, 4.69) is 62.1 Å². The van der Waals surface area contributed by atoms with E-state index in [0.29, 0.717) is 20.4 Å².